The van der Waals surface area contributed by atoms with Gasteiger partial charge in [-0.05, 0) is 43.2 Å². The van der Waals surface area contributed by atoms with Gasteiger partial charge in [0.15, 0.2) is 5.43 Å². The minimum atomic E-state index is -0.680. The summed E-state index contributed by atoms with van der Waals surface area (Å²) in [5.74, 6) is -0.326. The molecule has 0 radical (unpaired) electrons. The number of nitrogens with zero attached hydrogens (tertiary/aromatic N) is 3. The fourth-order valence-electron chi connectivity index (χ4n) is 4.41. The van der Waals surface area contributed by atoms with Crippen LogP contribution >= 0.6 is 0 Å². The van der Waals surface area contributed by atoms with Gasteiger partial charge in [-0.15, -0.1) is 0 Å². The van der Waals surface area contributed by atoms with E-state index in [4.69, 9.17) is 4.42 Å². The van der Waals surface area contributed by atoms with Crippen LogP contribution in [0.2, 0.25) is 0 Å². The van der Waals surface area contributed by atoms with Crippen molar-refractivity contribution in [3.05, 3.63) is 97.9 Å². The molecule has 0 unspecified atom stereocenters. The zero-order chi connectivity index (χ0) is 23.3. The summed E-state index contributed by atoms with van der Waals surface area (Å²) < 4.78 is 6.15. The fraction of sp³-hybridized carbons (Fsp3) is 0.200. The molecule has 1 atom stereocenters. The summed E-state index contributed by atoms with van der Waals surface area (Å²) in [5, 5.41) is 13.2. The molecule has 166 valence electrons. The van der Waals surface area contributed by atoms with Crippen molar-refractivity contribution in [3.8, 4) is 0 Å². The number of hydrogen-bond donors (Lipinski definition) is 0. The van der Waals surface area contributed by atoms with Crippen LogP contribution in [0.3, 0.4) is 0 Å². The third-order valence-corrected chi connectivity index (χ3v) is 6.07. The summed E-state index contributed by atoms with van der Waals surface area (Å²) in [6, 6.07) is 16.4. The van der Waals surface area contributed by atoms with E-state index < -0.39 is 11.0 Å². The van der Waals surface area contributed by atoms with Crippen molar-refractivity contribution < 1.29 is 14.1 Å². The van der Waals surface area contributed by atoms with Crippen LogP contribution in [0.15, 0.2) is 69.9 Å². The van der Waals surface area contributed by atoms with Crippen molar-refractivity contribution in [2.75, 3.05) is 27.2 Å². The van der Waals surface area contributed by atoms with E-state index in [1.54, 1.807) is 23.1 Å². The quantitative estimate of drug-likeness (QED) is 0.263. The molecule has 2 heterocycles. The largest absolute Gasteiger partial charge is 0.450 e. The number of carbonyl (C=O) groups is 1. The second kappa shape index (κ2) is 7.83. The van der Waals surface area contributed by atoms with Gasteiger partial charge in [0.2, 0.25) is 5.76 Å². The molecule has 0 saturated heterocycles. The van der Waals surface area contributed by atoms with Crippen LogP contribution in [0.1, 0.15) is 27.7 Å². The molecule has 5 rings (SSSR count). The number of fused-ring (bicyclic) bond motifs is 4. The molecule has 1 aromatic heterocycles. The average Bonchev–Trinajstić information content (AvgIpc) is 3.09. The highest BCUT2D eigenvalue weighted by Gasteiger charge is 2.42. The maximum Gasteiger partial charge on any atom is 0.290 e. The third kappa shape index (κ3) is 3.35. The molecular weight excluding hydrogens is 422 g/mol. The lowest BCUT2D eigenvalue weighted by Gasteiger charge is -2.26. The minimum Gasteiger partial charge on any atom is -0.450 e. The molecular formula is C25H21N3O5. The molecule has 0 spiro atoms. The van der Waals surface area contributed by atoms with Gasteiger partial charge < -0.3 is 14.2 Å². The Balaban J connectivity index is 1.75. The number of non-ortho nitro benzene ring substituents is 1. The van der Waals surface area contributed by atoms with E-state index in [1.807, 2.05) is 49.3 Å². The van der Waals surface area contributed by atoms with Gasteiger partial charge in [0.05, 0.1) is 21.9 Å². The Bertz CT molecular complexity index is 1470. The van der Waals surface area contributed by atoms with E-state index in [2.05, 4.69) is 0 Å². The summed E-state index contributed by atoms with van der Waals surface area (Å²) in [4.78, 5) is 41.3. The van der Waals surface area contributed by atoms with E-state index in [0.717, 1.165) is 10.8 Å². The van der Waals surface area contributed by atoms with Gasteiger partial charge >= 0.3 is 0 Å². The monoisotopic (exact) mass is 443 g/mol. The number of rotatable bonds is 5. The summed E-state index contributed by atoms with van der Waals surface area (Å²) >= 11 is 0. The smallest absolute Gasteiger partial charge is 0.290 e. The van der Waals surface area contributed by atoms with Crippen LogP contribution in [0.4, 0.5) is 5.69 Å². The fourth-order valence-corrected chi connectivity index (χ4v) is 4.41. The molecule has 33 heavy (non-hydrogen) atoms. The van der Waals surface area contributed by atoms with Gasteiger partial charge in [0.25, 0.3) is 11.6 Å². The van der Waals surface area contributed by atoms with Gasteiger partial charge in [0.1, 0.15) is 5.58 Å². The Hall–Kier alpha value is -4.04. The van der Waals surface area contributed by atoms with E-state index in [0.29, 0.717) is 29.6 Å². The van der Waals surface area contributed by atoms with Crippen LogP contribution in [0.5, 0.6) is 0 Å². The second-order valence-electron chi connectivity index (χ2n) is 8.39. The molecule has 0 bridgehead atoms. The molecule has 0 fully saturated rings. The van der Waals surface area contributed by atoms with Crippen molar-refractivity contribution in [1.29, 1.82) is 0 Å². The highest BCUT2D eigenvalue weighted by atomic mass is 16.6. The highest BCUT2D eigenvalue weighted by Crippen LogP contribution is 2.39. The number of carbonyl (C=O) groups excluding carboxylic acids is 1. The normalized spacial score (nSPS) is 15.5. The molecule has 1 amide bonds. The summed E-state index contributed by atoms with van der Waals surface area (Å²) in [7, 11) is 3.80. The molecule has 3 aromatic carbocycles. The van der Waals surface area contributed by atoms with Gasteiger partial charge in [-0.25, -0.2) is 0 Å². The minimum absolute atomic E-state index is 0.0333. The molecule has 1 aliphatic rings. The first kappa shape index (κ1) is 20.8. The van der Waals surface area contributed by atoms with Crippen LogP contribution in [-0.2, 0) is 0 Å². The van der Waals surface area contributed by atoms with Crippen molar-refractivity contribution in [2.45, 2.75) is 6.04 Å². The maximum absolute atomic E-state index is 13.7. The number of nitro groups is 1. The van der Waals surface area contributed by atoms with Gasteiger partial charge in [-0.3, -0.25) is 19.7 Å². The number of likely N-dealkylation sites (N-methyl/N-ethyl adjacent to an activating group) is 1. The van der Waals surface area contributed by atoms with Crippen molar-refractivity contribution in [2.24, 2.45) is 0 Å². The number of nitro benzene ring substituents is 1. The molecule has 1 aliphatic heterocycles. The van der Waals surface area contributed by atoms with Gasteiger partial charge in [-0.2, -0.15) is 0 Å². The zero-order valence-electron chi connectivity index (χ0n) is 18.1. The lowest BCUT2D eigenvalue weighted by Crippen LogP contribution is -2.35. The Kier molecular flexibility index (Phi) is 4.94. The molecule has 8 nitrogen and oxygen atoms in total. The Morgan fingerprint density at radius 2 is 1.73 bits per heavy atom. The summed E-state index contributed by atoms with van der Waals surface area (Å²) in [6.07, 6.45) is 0. The predicted octanol–water partition coefficient (Wildman–Crippen LogP) is 3.96. The van der Waals surface area contributed by atoms with Crippen LogP contribution < -0.4 is 5.43 Å². The zero-order valence-corrected chi connectivity index (χ0v) is 18.1. The third-order valence-electron chi connectivity index (χ3n) is 6.07. The second-order valence-corrected chi connectivity index (χ2v) is 8.39. The van der Waals surface area contributed by atoms with Gasteiger partial charge in [0, 0.05) is 30.6 Å². The summed E-state index contributed by atoms with van der Waals surface area (Å²) in [6.45, 7) is 0.952. The van der Waals surface area contributed by atoms with E-state index in [-0.39, 0.29) is 28.3 Å². The van der Waals surface area contributed by atoms with E-state index in [9.17, 15) is 19.7 Å². The number of amides is 1. The average molecular weight is 443 g/mol. The van der Waals surface area contributed by atoms with Crippen LogP contribution in [-0.4, -0.2) is 47.8 Å². The lowest BCUT2D eigenvalue weighted by molar-refractivity contribution is -0.384. The van der Waals surface area contributed by atoms with Crippen LogP contribution in [0.25, 0.3) is 21.7 Å². The number of benzene rings is 3. The first-order valence-corrected chi connectivity index (χ1v) is 10.6. The molecule has 0 saturated carbocycles. The first-order valence-electron chi connectivity index (χ1n) is 10.6. The first-order chi connectivity index (χ1) is 15.9. The Labute approximate surface area is 188 Å². The topological polar surface area (TPSA) is 96.9 Å². The van der Waals surface area contributed by atoms with Gasteiger partial charge in [-0.1, -0.05) is 30.3 Å². The van der Waals surface area contributed by atoms with E-state index in [1.165, 1.54) is 12.1 Å². The highest BCUT2D eigenvalue weighted by molar-refractivity contribution is 6.06. The van der Waals surface area contributed by atoms with E-state index >= 15 is 0 Å². The SMILES string of the molecule is CN(C)CCN1C(=O)c2oc3c(ccc4ccccc43)c(=O)c2[C@H]1c1ccc([N+](=O)[O-])cc1. The van der Waals surface area contributed by atoms with Crippen molar-refractivity contribution >= 4 is 33.3 Å². The molecule has 4 aromatic rings. The molecule has 0 N–H and O–H groups in total. The van der Waals surface area contributed by atoms with Crippen molar-refractivity contribution in [1.82, 2.24) is 9.80 Å². The lowest BCUT2D eigenvalue weighted by atomic mass is 9.97. The predicted molar refractivity (Wildman–Crippen MR) is 125 cm³/mol. The standard InChI is InChI=1S/C25H21N3O5/c1-26(2)13-14-27-21(16-7-10-17(11-8-16)28(31)32)20-22(29)19-12-9-15-5-3-4-6-18(15)23(19)33-24(20)25(27)30/h3-12,21H,13-14H2,1-2H3/t21-/m1/s1. The number of hydrogen-bond acceptors (Lipinski definition) is 6. The summed E-state index contributed by atoms with van der Waals surface area (Å²) in [5.41, 5.74) is 0.970. The Morgan fingerprint density at radius 3 is 2.42 bits per heavy atom. The van der Waals surface area contributed by atoms with Crippen LogP contribution in [0, 0.1) is 10.1 Å². The Morgan fingerprint density at radius 1 is 1.00 bits per heavy atom. The molecule has 8 heteroatoms. The maximum atomic E-state index is 13.7. The molecule has 0 aliphatic carbocycles. The van der Waals surface area contributed by atoms with Crippen molar-refractivity contribution in [3.63, 3.8) is 0 Å².